The van der Waals surface area contributed by atoms with Crippen molar-refractivity contribution in [2.75, 3.05) is 0 Å². The fraction of sp³-hybridized carbons (Fsp3) is 0.286. The molecule has 2 aromatic rings. The summed E-state index contributed by atoms with van der Waals surface area (Å²) in [5.41, 5.74) is 4.91. The van der Waals surface area contributed by atoms with Crippen LogP contribution in [-0.4, -0.2) is 9.67 Å². The van der Waals surface area contributed by atoms with E-state index >= 15 is 0 Å². The van der Waals surface area contributed by atoms with E-state index < -0.39 is 0 Å². The summed E-state index contributed by atoms with van der Waals surface area (Å²) in [6.45, 7) is 2.23. The fourth-order valence-electron chi connectivity index (χ4n) is 2.44. The first kappa shape index (κ1) is 10.9. The molecule has 1 aliphatic rings. The van der Waals surface area contributed by atoms with Gasteiger partial charge in [0.1, 0.15) is 5.37 Å². The van der Waals surface area contributed by atoms with Crippen molar-refractivity contribution in [3.05, 3.63) is 58.9 Å². The molecular weight excluding hydrogens is 230 g/mol. The molecule has 0 fully saturated rings. The Hall–Kier alpha value is -1.19. The van der Waals surface area contributed by atoms with E-state index in [1.54, 1.807) is 0 Å². The standard InChI is InChI=1S/C14H15NOS/c1-10-12(8-16)7-13-9-17-14(15(10)13)11-5-3-2-4-6-11/h2-7,14,16H,8-9H2,1H3/t14-/m1/s1. The second-order valence-electron chi connectivity index (χ2n) is 4.35. The molecule has 17 heavy (non-hydrogen) atoms. The van der Waals surface area contributed by atoms with Gasteiger partial charge in [0.05, 0.1) is 6.61 Å². The minimum absolute atomic E-state index is 0.137. The van der Waals surface area contributed by atoms with Crippen molar-refractivity contribution in [3.63, 3.8) is 0 Å². The molecule has 0 aliphatic carbocycles. The van der Waals surface area contributed by atoms with Gasteiger partial charge in [0, 0.05) is 17.1 Å². The highest BCUT2D eigenvalue weighted by atomic mass is 32.2. The van der Waals surface area contributed by atoms with Gasteiger partial charge in [0.25, 0.3) is 0 Å². The first-order valence-corrected chi connectivity index (χ1v) is 6.83. The van der Waals surface area contributed by atoms with E-state index in [4.69, 9.17) is 0 Å². The summed E-state index contributed by atoms with van der Waals surface area (Å²) >= 11 is 1.95. The van der Waals surface area contributed by atoms with Crippen molar-refractivity contribution in [2.24, 2.45) is 0 Å². The van der Waals surface area contributed by atoms with Crippen LogP contribution in [0.25, 0.3) is 0 Å². The predicted molar refractivity (Wildman–Crippen MR) is 71.0 cm³/mol. The Morgan fingerprint density at radius 1 is 1.35 bits per heavy atom. The number of aliphatic hydroxyl groups excluding tert-OH is 1. The van der Waals surface area contributed by atoms with Gasteiger partial charge in [-0.15, -0.1) is 11.8 Å². The largest absolute Gasteiger partial charge is 0.392 e. The highest BCUT2D eigenvalue weighted by Crippen LogP contribution is 2.42. The van der Waals surface area contributed by atoms with Gasteiger partial charge in [0.15, 0.2) is 0 Å². The Balaban J connectivity index is 2.06. The molecule has 1 N–H and O–H groups in total. The first-order chi connectivity index (χ1) is 8.31. The summed E-state index contributed by atoms with van der Waals surface area (Å²) in [5.74, 6) is 1.03. The highest BCUT2D eigenvalue weighted by Gasteiger charge is 2.26. The molecule has 3 rings (SSSR count). The summed E-state index contributed by atoms with van der Waals surface area (Å²) in [6.07, 6.45) is 0. The lowest BCUT2D eigenvalue weighted by Crippen LogP contribution is -2.05. The van der Waals surface area contributed by atoms with Crippen molar-refractivity contribution < 1.29 is 5.11 Å². The zero-order valence-corrected chi connectivity index (χ0v) is 10.6. The van der Waals surface area contributed by atoms with E-state index in [1.807, 2.05) is 17.8 Å². The number of hydrogen-bond acceptors (Lipinski definition) is 2. The van der Waals surface area contributed by atoms with E-state index in [-0.39, 0.29) is 6.61 Å². The minimum atomic E-state index is 0.137. The second-order valence-corrected chi connectivity index (χ2v) is 5.42. The number of fused-ring (bicyclic) bond motifs is 1. The third kappa shape index (κ3) is 1.70. The molecule has 0 spiro atoms. The average Bonchev–Trinajstić information content (AvgIpc) is 2.91. The normalized spacial score (nSPS) is 18.4. The number of aromatic nitrogens is 1. The van der Waals surface area contributed by atoms with Crippen molar-refractivity contribution in [1.29, 1.82) is 0 Å². The summed E-state index contributed by atoms with van der Waals surface area (Å²) in [4.78, 5) is 0. The topological polar surface area (TPSA) is 25.2 Å². The summed E-state index contributed by atoms with van der Waals surface area (Å²) in [6, 6.07) is 12.7. The zero-order valence-electron chi connectivity index (χ0n) is 9.76. The van der Waals surface area contributed by atoms with Crippen LogP contribution in [0.15, 0.2) is 36.4 Å². The van der Waals surface area contributed by atoms with Gasteiger partial charge in [-0.2, -0.15) is 0 Å². The number of nitrogens with zero attached hydrogens (tertiary/aromatic N) is 1. The van der Waals surface area contributed by atoms with Crippen molar-refractivity contribution in [1.82, 2.24) is 4.57 Å². The van der Waals surface area contributed by atoms with E-state index in [2.05, 4.69) is 41.8 Å². The quantitative estimate of drug-likeness (QED) is 0.879. The summed E-state index contributed by atoms with van der Waals surface area (Å²) in [7, 11) is 0. The highest BCUT2D eigenvalue weighted by molar-refractivity contribution is 7.99. The first-order valence-electron chi connectivity index (χ1n) is 5.78. The molecule has 2 nitrogen and oxygen atoms in total. The maximum absolute atomic E-state index is 9.31. The molecule has 1 aromatic heterocycles. The summed E-state index contributed by atoms with van der Waals surface area (Å²) in [5, 5.41) is 9.68. The van der Waals surface area contributed by atoms with Crippen LogP contribution in [0.1, 0.15) is 27.9 Å². The number of aliphatic hydroxyl groups is 1. The lowest BCUT2D eigenvalue weighted by molar-refractivity contribution is 0.281. The Kier molecular flexibility index (Phi) is 2.73. The molecule has 2 heterocycles. The van der Waals surface area contributed by atoms with Crippen molar-refractivity contribution in [2.45, 2.75) is 24.7 Å². The van der Waals surface area contributed by atoms with Crippen LogP contribution in [0, 0.1) is 6.92 Å². The van der Waals surface area contributed by atoms with E-state index in [0.29, 0.717) is 5.37 Å². The van der Waals surface area contributed by atoms with Crippen LogP contribution in [-0.2, 0) is 12.4 Å². The lowest BCUT2D eigenvalue weighted by atomic mass is 10.2. The van der Waals surface area contributed by atoms with Gasteiger partial charge in [-0.1, -0.05) is 30.3 Å². The number of hydrogen-bond donors (Lipinski definition) is 1. The molecular formula is C14H15NOS. The second kappa shape index (κ2) is 4.24. The van der Waals surface area contributed by atoms with E-state index in [1.165, 1.54) is 17.0 Å². The molecule has 3 heteroatoms. The molecule has 0 unspecified atom stereocenters. The van der Waals surface area contributed by atoms with E-state index in [0.717, 1.165) is 11.3 Å². The molecule has 1 atom stereocenters. The Morgan fingerprint density at radius 3 is 2.82 bits per heavy atom. The van der Waals surface area contributed by atoms with E-state index in [9.17, 15) is 5.11 Å². The van der Waals surface area contributed by atoms with Gasteiger partial charge in [-0.3, -0.25) is 0 Å². The van der Waals surface area contributed by atoms with Crippen molar-refractivity contribution >= 4 is 11.8 Å². The molecule has 1 aromatic carbocycles. The van der Waals surface area contributed by atoms with Crippen LogP contribution < -0.4 is 0 Å². The van der Waals surface area contributed by atoms with Gasteiger partial charge in [-0.25, -0.2) is 0 Å². The Bertz CT molecular complexity index is 533. The average molecular weight is 245 g/mol. The van der Waals surface area contributed by atoms with Crippen molar-refractivity contribution in [3.8, 4) is 0 Å². The molecule has 0 saturated heterocycles. The van der Waals surface area contributed by atoms with Gasteiger partial charge >= 0.3 is 0 Å². The molecule has 0 saturated carbocycles. The molecule has 88 valence electrons. The fourth-order valence-corrected chi connectivity index (χ4v) is 3.79. The molecule has 0 radical (unpaired) electrons. The third-order valence-electron chi connectivity index (χ3n) is 3.36. The smallest absolute Gasteiger partial charge is 0.105 e. The monoisotopic (exact) mass is 245 g/mol. The van der Waals surface area contributed by atoms with Gasteiger partial charge in [-0.05, 0) is 24.1 Å². The zero-order chi connectivity index (χ0) is 11.8. The van der Waals surface area contributed by atoms with Crippen LogP contribution in [0.4, 0.5) is 0 Å². The maximum Gasteiger partial charge on any atom is 0.105 e. The molecule has 0 bridgehead atoms. The lowest BCUT2D eigenvalue weighted by Gasteiger charge is -2.15. The number of benzene rings is 1. The number of thioether (sulfide) groups is 1. The summed E-state index contributed by atoms with van der Waals surface area (Å²) < 4.78 is 2.35. The Labute approximate surface area is 105 Å². The van der Waals surface area contributed by atoms with Gasteiger partial charge < -0.3 is 9.67 Å². The molecule has 1 aliphatic heterocycles. The van der Waals surface area contributed by atoms with Gasteiger partial charge in [0.2, 0.25) is 0 Å². The van der Waals surface area contributed by atoms with Crippen LogP contribution in [0.3, 0.4) is 0 Å². The van der Waals surface area contributed by atoms with Crippen LogP contribution in [0.2, 0.25) is 0 Å². The number of rotatable bonds is 2. The van der Waals surface area contributed by atoms with Crippen LogP contribution >= 0.6 is 11.8 Å². The molecule has 0 amide bonds. The SMILES string of the molecule is Cc1c(CO)cc2n1[C@@H](c1ccccc1)SC2. The maximum atomic E-state index is 9.31. The minimum Gasteiger partial charge on any atom is -0.392 e. The predicted octanol–water partition coefficient (Wildman–Crippen LogP) is 3.08. The third-order valence-corrected chi connectivity index (χ3v) is 4.62. The Morgan fingerprint density at radius 2 is 2.12 bits per heavy atom. The van der Waals surface area contributed by atoms with Crippen LogP contribution in [0.5, 0.6) is 0 Å².